The SMILES string of the molecule is CCOC1CC(CC(=O)NC(CBr)CC(C)C)C1. The Morgan fingerprint density at radius 1 is 1.44 bits per heavy atom. The molecule has 1 saturated carbocycles. The topological polar surface area (TPSA) is 38.3 Å². The zero-order chi connectivity index (χ0) is 13.5. The van der Waals surface area contributed by atoms with E-state index in [-0.39, 0.29) is 11.9 Å². The first-order valence-corrected chi connectivity index (χ1v) is 8.14. The third-order valence-corrected chi connectivity index (χ3v) is 4.16. The Morgan fingerprint density at radius 2 is 2.11 bits per heavy atom. The first-order valence-electron chi connectivity index (χ1n) is 7.02. The Bertz CT molecular complexity index is 252. The maximum Gasteiger partial charge on any atom is 0.220 e. The molecule has 0 saturated heterocycles. The number of hydrogen-bond donors (Lipinski definition) is 1. The van der Waals surface area contributed by atoms with Crippen LogP contribution in [-0.2, 0) is 9.53 Å². The highest BCUT2D eigenvalue weighted by molar-refractivity contribution is 9.09. The lowest BCUT2D eigenvalue weighted by atomic mass is 9.80. The average molecular weight is 320 g/mol. The second-order valence-electron chi connectivity index (χ2n) is 5.67. The maximum absolute atomic E-state index is 11.9. The van der Waals surface area contributed by atoms with Crippen LogP contribution in [0.2, 0.25) is 0 Å². The molecule has 1 rings (SSSR count). The van der Waals surface area contributed by atoms with Crippen molar-refractivity contribution in [2.24, 2.45) is 11.8 Å². The van der Waals surface area contributed by atoms with E-state index in [1.807, 2.05) is 6.92 Å². The molecule has 0 spiro atoms. The van der Waals surface area contributed by atoms with Gasteiger partial charge in [-0.15, -0.1) is 0 Å². The van der Waals surface area contributed by atoms with Gasteiger partial charge in [0, 0.05) is 24.4 Å². The second-order valence-corrected chi connectivity index (χ2v) is 6.31. The van der Waals surface area contributed by atoms with Crippen LogP contribution in [0.25, 0.3) is 0 Å². The molecule has 1 amide bonds. The number of nitrogens with one attached hydrogen (secondary N) is 1. The van der Waals surface area contributed by atoms with Gasteiger partial charge < -0.3 is 10.1 Å². The van der Waals surface area contributed by atoms with Crippen LogP contribution < -0.4 is 5.32 Å². The Morgan fingerprint density at radius 3 is 2.61 bits per heavy atom. The van der Waals surface area contributed by atoms with Gasteiger partial charge >= 0.3 is 0 Å². The third-order valence-electron chi connectivity index (χ3n) is 3.38. The van der Waals surface area contributed by atoms with Crippen molar-refractivity contribution >= 4 is 21.8 Å². The van der Waals surface area contributed by atoms with E-state index >= 15 is 0 Å². The largest absolute Gasteiger partial charge is 0.378 e. The lowest BCUT2D eigenvalue weighted by Crippen LogP contribution is -2.40. The minimum atomic E-state index is 0.194. The molecular weight excluding hydrogens is 294 g/mol. The summed E-state index contributed by atoms with van der Waals surface area (Å²) < 4.78 is 5.51. The average Bonchev–Trinajstić information content (AvgIpc) is 2.24. The number of amides is 1. The first kappa shape index (κ1) is 16.0. The van der Waals surface area contributed by atoms with Crippen molar-refractivity contribution < 1.29 is 9.53 Å². The summed E-state index contributed by atoms with van der Waals surface area (Å²) in [4.78, 5) is 11.9. The van der Waals surface area contributed by atoms with Crippen molar-refractivity contribution in [1.29, 1.82) is 0 Å². The number of carbonyl (C=O) groups is 1. The quantitative estimate of drug-likeness (QED) is 0.698. The van der Waals surface area contributed by atoms with Gasteiger partial charge in [0.15, 0.2) is 0 Å². The number of alkyl halides is 1. The Kier molecular flexibility index (Phi) is 7.23. The Balaban J connectivity index is 2.17. The fraction of sp³-hybridized carbons (Fsp3) is 0.929. The molecule has 18 heavy (non-hydrogen) atoms. The van der Waals surface area contributed by atoms with Gasteiger partial charge in [0.2, 0.25) is 5.91 Å². The molecule has 1 aliphatic rings. The van der Waals surface area contributed by atoms with Crippen LogP contribution in [0.5, 0.6) is 0 Å². The number of rotatable bonds is 8. The fourth-order valence-electron chi connectivity index (χ4n) is 2.49. The Labute approximate surface area is 119 Å². The number of halogens is 1. The molecule has 3 nitrogen and oxygen atoms in total. The van der Waals surface area contributed by atoms with E-state index in [9.17, 15) is 4.79 Å². The molecule has 1 aliphatic carbocycles. The van der Waals surface area contributed by atoms with E-state index in [2.05, 4.69) is 35.1 Å². The van der Waals surface area contributed by atoms with Gasteiger partial charge in [-0.25, -0.2) is 0 Å². The summed E-state index contributed by atoms with van der Waals surface area (Å²) in [6, 6.07) is 0.264. The lowest BCUT2D eigenvalue weighted by Gasteiger charge is -2.34. The lowest BCUT2D eigenvalue weighted by molar-refractivity contribution is -0.124. The molecule has 0 aliphatic heterocycles. The molecule has 106 valence electrons. The second kappa shape index (κ2) is 8.16. The molecule has 0 heterocycles. The van der Waals surface area contributed by atoms with Crippen LogP contribution in [0.15, 0.2) is 0 Å². The van der Waals surface area contributed by atoms with Gasteiger partial charge in [-0.1, -0.05) is 29.8 Å². The van der Waals surface area contributed by atoms with E-state index in [0.717, 1.165) is 31.2 Å². The molecule has 1 atom stereocenters. The van der Waals surface area contributed by atoms with E-state index in [0.29, 0.717) is 24.4 Å². The van der Waals surface area contributed by atoms with E-state index in [1.54, 1.807) is 0 Å². The van der Waals surface area contributed by atoms with Gasteiger partial charge in [0.05, 0.1) is 6.10 Å². The zero-order valence-corrected chi connectivity index (χ0v) is 13.3. The van der Waals surface area contributed by atoms with Gasteiger partial charge in [-0.2, -0.15) is 0 Å². The highest BCUT2D eigenvalue weighted by Gasteiger charge is 2.31. The van der Waals surface area contributed by atoms with Crippen LogP contribution in [0, 0.1) is 11.8 Å². The van der Waals surface area contributed by atoms with E-state index in [4.69, 9.17) is 4.74 Å². The molecule has 1 unspecified atom stereocenters. The standard InChI is InChI=1S/C14H26BrNO2/c1-4-18-13-6-11(7-13)8-14(17)16-12(9-15)5-10(2)3/h10-13H,4-9H2,1-3H3,(H,16,17). The summed E-state index contributed by atoms with van der Waals surface area (Å²) in [6.45, 7) is 7.16. The Hall–Kier alpha value is -0.0900. The van der Waals surface area contributed by atoms with Gasteiger partial charge in [-0.05, 0) is 38.0 Å². The summed E-state index contributed by atoms with van der Waals surface area (Å²) in [5.74, 6) is 1.33. The molecule has 0 aromatic carbocycles. The first-order chi connectivity index (χ1) is 8.55. The normalized spacial score (nSPS) is 24.7. The van der Waals surface area contributed by atoms with Crippen molar-refractivity contribution in [2.75, 3.05) is 11.9 Å². The van der Waals surface area contributed by atoms with Gasteiger partial charge in [0.1, 0.15) is 0 Å². The predicted molar refractivity (Wildman–Crippen MR) is 77.9 cm³/mol. The zero-order valence-electron chi connectivity index (χ0n) is 11.7. The van der Waals surface area contributed by atoms with Crippen molar-refractivity contribution in [2.45, 2.75) is 58.6 Å². The number of carbonyl (C=O) groups excluding carboxylic acids is 1. The van der Waals surface area contributed by atoms with Crippen molar-refractivity contribution in [3.8, 4) is 0 Å². The van der Waals surface area contributed by atoms with E-state index in [1.165, 1.54) is 0 Å². The van der Waals surface area contributed by atoms with Crippen LogP contribution >= 0.6 is 15.9 Å². The number of ether oxygens (including phenoxy) is 1. The van der Waals surface area contributed by atoms with Crippen LogP contribution in [0.4, 0.5) is 0 Å². The van der Waals surface area contributed by atoms with Gasteiger partial charge in [0.25, 0.3) is 0 Å². The molecule has 1 fully saturated rings. The molecule has 0 aromatic heterocycles. The summed E-state index contributed by atoms with van der Waals surface area (Å²) in [5, 5.41) is 3.95. The molecule has 1 N–H and O–H groups in total. The maximum atomic E-state index is 11.9. The monoisotopic (exact) mass is 319 g/mol. The highest BCUT2D eigenvalue weighted by Crippen LogP contribution is 2.32. The van der Waals surface area contributed by atoms with Crippen LogP contribution in [-0.4, -0.2) is 30.0 Å². The highest BCUT2D eigenvalue weighted by atomic mass is 79.9. The third kappa shape index (κ3) is 5.70. The van der Waals surface area contributed by atoms with E-state index < -0.39 is 0 Å². The molecule has 0 aromatic rings. The molecule has 0 bridgehead atoms. The van der Waals surface area contributed by atoms with Crippen LogP contribution in [0.3, 0.4) is 0 Å². The summed E-state index contributed by atoms with van der Waals surface area (Å²) >= 11 is 3.47. The summed E-state index contributed by atoms with van der Waals surface area (Å²) in [5.41, 5.74) is 0. The van der Waals surface area contributed by atoms with Gasteiger partial charge in [-0.3, -0.25) is 4.79 Å². The minimum Gasteiger partial charge on any atom is -0.378 e. The molecule has 4 heteroatoms. The number of hydrogen-bond acceptors (Lipinski definition) is 2. The smallest absolute Gasteiger partial charge is 0.220 e. The van der Waals surface area contributed by atoms with Crippen LogP contribution in [0.1, 0.15) is 46.5 Å². The van der Waals surface area contributed by atoms with Crippen molar-refractivity contribution in [3.63, 3.8) is 0 Å². The fourth-order valence-corrected chi connectivity index (χ4v) is 2.92. The minimum absolute atomic E-state index is 0.194. The summed E-state index contributed by atoms with van der Waals surface area (Å²) in [7, 11) is 0. The molecule has 0 radical (unpaired) electrons. The van der Waals surface area contributed by atoms with Crippen molar-refractivity contribution in [1.82, 2.24) is 5.32 Å². The van der Waals surface area contributed by atoms with Crippen molar-refractivity contribution in [3.05, 3.63) is 0 Å². The molecular formula is C14H26BrNO2. The summed E-state index contributed by atoms with van der Waals surface area (Å²) in [6.07, 6.45) is 4.18. The predicted octanol–water partition coefficient (Wildman–Crippen LogP) is 3.12.